The molecule has 0 aromatic rings. The predicted molar refractivity (Wildman–Crippen MR) is 87.1 cm³/mol. The fourth-order valence-corrected chi connectivity index (χ4v) is 4.30. The van der Waals surface area contributed by atoms with Crippen LogP contribution in [0.25, 0.3) is 0 Å². The van der Waals surface area contributed by atoms with Gasteiger partial charge in [-0.25, -0.2) is 4.79 Å². The van der Waals surface area contributed by atoms with Crippen molar-refractivity contribution in [3.05, 3.63) is 0 Å². The summed E-state index contributed by atoms with van der Waals surface area (Å²) in [6.07, 6.45) is 5.62. The first-order valence-corrected chi connectivity index (χ1v) is 9.03. The minimum atomic E-state index is 0.212. The van der Waals surface area contributed by atoms with Gasteiger partial charge in [-0.1, -0.05) is 0 Å². The van der Waals surface area contributed by atoms with Crippen molar-refractivity contribution in [3.8, 4) is 0 Å². The first kappa shape index (κ1) is 16.6. The number of hydrogen-bond acceptors (Lipinski definition) is 3. The molecule has 3 amide bonds. The quantitative estimate of drug-likeness (QED) is 0.738. The van der Waals surface area contributed by atoms with Crippen LogP contribution in [0.5, 0.6) is 0 Å². The number of carbonyl (C=O) groups excluding carboxylic acids is 2. The molecule has 2 atom stereocenters. The summed E-state index contributed by atoms with van der Waals surface area (Å²) >= 11 is 0. The van der Waals surface area contributed by atoms with E-state index in [1.54, 1.807) is 7.11 Å². The number of likely N-dealkylation sites (tertiary alicyclic amines) is 3. The second kappa shape index (κ2) is 7.51. The van der Waals surface area contributed by atoms with Gasteiger partial charge in [0.05, 0.1) is 0 Å². The fourth-order valence-electron chi connectivity index (χ4n) is 4.30. The van der Waals surface area contributed by atoms with Crippen molar-refractivity contribution in [2.75, 3.05) is 46.4 Å². The van der Waals surface area contributed by atoms with Gasteiger partial charge in [0.15, 0.2) is 0 Å². The second-order valence-corrected chi connectivity index (χ2v) is 7.01. The van der Waals surface area contributed by atoms with Gasteiger partial charge < -0.3 is 19.4 Å². The number of urea groups is 1. The lowest BCUT2D eigenvalue weighted by Crippen LogP contribution is -2.58. The Kier molecular flexibility index (Phi) is 5.41. The van der Waals surface area contributed by atoms with E-state index in [0.717, 1.165) is 64.8 Å². The molecular formula is C17H29N3O3. The molecule has 23 heavy (non-hydrogen) atoms. The zero-order valence-corrected chi connectivity index (χ0v) is 14.2. The van der Waals surface area contributed by atoms with Gasteiger partial charge in [0.1, 0.15) is 0 Å². The van der Waals surface area contributed by atoms with Crippen LogP contribution in [-0.2, 0) is 9.53 Å². The summed E-state index contributed by atoms with van der Waals surface area (Å²) in [4.78, 5) is 30.9. The third-order valence-corrected chi connectivity index (χ3v) is 5.54. The molecule has 3 aliphatic heterocycles. The minimum absolute atomic E-state index is 0.212. The highest BCUT2D eigenvalue weighted by atomic mass is 16.5. The van der Waals surface area contributed by atoms with Gasteiger partial charge in [0.2, 0.25) is 5.91 Å². The summed E-state index contributed by atoms with van der Waals surface area (Å²) in [5, 5.41) is 0. The topological polar surface area (TPSA) is 53.1 Å². The van der Waals surface area contributed by atoms with Crippen LogP contribution in [0, 0.1) is 5.92 Å². The molecule has 0 saturated carbocycles. The minimum Gasteiger partial charge on any atom is -0.385 e. The molecular weight excluding hydrogens is 294 g/mol. The highest BCUT2D eigenvalue weighted by Crippen LogP contribution is 2.32. The predicted octanol–water partition coefficient (Wildman–Crippen LogP) is 1.55. The van der Waals surface area contributed by atoms with Crippen LogP contribution >= 0.6 is 0 Å². The largest absolute Gasteiger partial charge is 0.385 e. The Labute approximate surface area is 138 Å². The Morgan fingerprint density at radius 3 is 2.70 bits per heavy atom. The van der Waals surface area contributed by atoms with Gasteiger partial charge in [-0.2, -0.15) is 0 Å². The van der Waals surface area contributed by atoms with Crippen molar-refractivity contribution in [1.82, 2.24) is 14.7 Å². The lowest BCUT2D eigenvalue weighted by molar-refractivity contribution is -0.140. The smallest absolute Gasteiger partial charge is 0.320 e. The van der Waals surface area contributed by atoms with Gasteiger partial charge >= 0.3 is 6.03 Å². The number of amides is 3. The molecule has 0 bridgehead atoms. The van der Waals surface area contributed by atoms with E-state index >= 15 is 0 Å². The van der Waals surface area contributed by atoms with E-state index in [0.29, 0.717) is 25.0 Å². The molecule has 0 radical (unpaired) electrons. The normalized spacial score (nSPS) is 28.2. The number of rotatable bonds is 4. The highest BCUT2D eigenvalue weighted by molar-refractivity contribution is 5.78. The molecule has 6 heteroatoms. The van der Waals surface area contributed by atoms with Gasteiger partial charge in [-0.3, -0.25) is 4.79 Å². The number of methoxy groups -OCH3 is 1. The van der Waals surface area contributed by atoms with Crippen molar-refractivity contribution in [2.45, 2.75) is 44.6 Å². The van der Waals surface area contributed by atoms with E-state index in [9.17, 15) is 9.59 Å². The first-order chi connectivity index (χ1) is 11.2. The van der Waals surface area contributed by atoms with Crippen molar-refractivity contribution < 1.29 is 14.3 Å². The van der Waals surface area contributed by atoms with Gasteiger partial charge in [0, 0.05) is 58.9 Å². The van der Waals surface area contributed by atoms with Gasteiger partial charge in [0.25, 0.3) is 0 Å². The van der Waals surface area contributed by atoms with Crippen LogP contribution in [0.4, 0.5) is 4.79 Å². The highest BCUT2D eigenvalue weighted by Gasteiger charge is 2.40. The maximum Gasteiger partial charge on any atom is 0.320 e. The van der Waals surface area contributed by atoms with Crippen molar-refractivity contribution >= 4 is 11.9 Å². The van der Waals surface area contributed by atoms with Crippen molar-refractivity contribution in [2.24, 2.45) is 5.92 Å². The molecule has 3 aliphatic rings. The molecule has 0 unspecified atom stereocenters. The Balaban J connectivity index is 1.58. The number of hydrogen-bond donors (Lipinski definition) is 0. The van der Waals surface area contributed by atoms with Crippen LogP contribution in [-0.4, -0.2) is 79.1 Å². The number of nitrogens with zero attached hydrogens (tertiary/aromatic N) is 3. The van der Waals surface area contributed by atoms with E-state index < -0.39 is 0 Å². The lowest BCUT2D eigenvalue weighted by Gasteiger charge is -2.47. The Morgan fingerprint density at radius 1 is 1.17 bits per heavy atom. The average Bonchev–Trinajstić information content (AvgIpc) is 3.10. The molecule has 0 N–H and O–H groups in total. The molecule has 3 rings (SSSR count). The molecule has 0 aromatic heterocycles. The molecule has 6 nitrogen and oxygen atoms in total. The third-order valence-electron chi connectivity index (χ3n) is 5.54. The Hall–Kier alpha value is -1.30. The standard InChI is InChI=1S/C17H29N3O3/c1-23-12-4-10-20-15-7-11-19(13-14(15)5-6-16(20)21)17(22)18-8-2-3-9-18/h14-15H,2-13H2,1H3/t14-,15+/m0/s1. The van der Waals surface area contributed by atoms with Crippen molar-refractivity contribution in [3.63, 3.8) is 0 Å². The maximum atomic E-state index is 12.6. The lowest BCUT2D eigenvalue weighted by atomic mass is 9.83. The molecule has 0 aromatic carbocycles. The summed E-state index contributed by atoms with van der Waals surface area (Å²) in [6.45, 7) is 4.89. The van der Waals surface area contributed by atoms with Crippen molar-refractivity contribution in [1.29, 1.82) is 0 Å². The molecule has 0 aliphatic carbocycles. The molecule has 3 fully saturated rings. The summed E-state index contributed by atoms with van der Waals surface area (Å²) < 4.78 is 5.11. The average molecular weight is 323 g/mol. The molecule has 3 saturated heterocycles. The molecule has 130 valence electrons. The first-order valence-electron chi connectivity index (χ1n) is 9.03. The SMILES string of the molecule is COCCCN1C(=O)CC[C@H]2CN(C(=O)N3CCCC3)CC[C@H]21. The van der Waals surface area contributed by atoms with E-state index in [4.69, 9.17) is 4.74 Å². The van der Waals surface area contributed by atoms with Gasteiger partial charge in [-0.05, 0) is 38.0 Å². The van der Waals surface area contributed by atoms with E-state index in [-0.39, 0.29) is 11.9 Å². The van der Waals surface area contributed by atoms with Crippen LogP contribution in [0.15, 0.2) is 0 Å². The third kappa shape index (κ3) is 3.62. The second-order valence-electron chi connectivity index (χ2n) is 7.01. The summed E-state index contributed by atoms with van der Waals surface area (Å²) in [6, 6.07) is 0.527. The summed E-state index contributed by atoms with van der Waals surface area (Å²) in [7, 11) is 1.70. The number of fused-ring (bicyclic) bond motifs is 1. The zero-order chi connectivity index (χ0) is 16.2. The van der Waals surface area contributed by atoms with Gasteiger partial charge in [-0.15, -0.1) is 0 Å². The summed E-state index contributed by atoms with van der Waals surface area (Å²) in [5.41, 5.74) is 0. The fraction of sp³-hybridized carbons (Fsp3) is 0.882. The number of carbonyl (C=O) groups is 2. The summed E-state index contributed by atoms with van der Waals surface area (Å²) in [5.74, 6) is 0.720. The van der Waals surface area contributed by atoms with Crippen LogP contribution in [0.1, 0.15) is 38.5 Å². The number of ether oxygens (including phenoxy) is 1. The Bertz CT molecular complexity index is 437. The molecule has 3 heterocycles. The van der Waals surface area contributed by atoms with Crippen LogP contribution in [0.2, 0.25) is 0 Å². The van der Waals surface area contributed by atoms with E-state index in [1.807, 2.05) is 9.80 Å². The molecule has 0 spiro atoms. The van der Waals surface area contributed by atoms with Crippen LogP contribution < -0.4 is 0 Å². The maximum absolute atomic E-state index is 12.6. The zero-order valence-electron chi connectivity index (χ0n) is 14.2. The van der Waals surface area contributed by atoms with E-state index in [2.05, 4.69) is 4.90 Å². The Morgan fingerprint density at radius 2 is 1.96 bits per heavy atom. The van der Waals surface area contributed by atoms with Crippen LogP contribution in [0.3, 0.4) is 0 Å². The number of piperidine rings is 2. The monoisotopic (exact) mass is 323 g/mol. The van der Waals surface area contributed by atoms with E-state index in [1.165, 1.54) is 0 Å².